The third-order valence-electron chi connectivity index (χ3n) is 2.71. The van der Waals surface area contributed by atoms with Crippen molar-refractivity contribution >= 4 is 5.65 Å². The molecule has 0 amide bonds. The van der Waals surface area contributed by atoms with Gasteiger partial charge in [-0.15, -0.1) is 5.10 Å². The van der Waals surface area contributed by atoms with Gasteiger partial charge in [-0.1, -0.05) is 0 Å². The second-order valence-electron chi connectivity index (χ2n) is 3.90. The standard InChI is InChI=1S/C13H9F2N3O/c1-19-13-12(8-2-4-9(14)5-3-8)16-11-7-6-10(15)17-18(11)13/h2-7H,1H3. The quantitative estimate of drug-likeness (QED) is 0.712. The second kappa shape index (κ2) is 4.31. The van der Waals surface area contributed by atoms with Crippen LogP contribution in [0.1, 0.15) is 0 Å². The van der Waals surface area contributed by atoms with Crippen molar-refractivity contribution in [3.05, 3.63) is 48.2 Å². The second-order valence-corrected chi connectivity index (χ2v) is 3.90. The Hall–Kier alpha value is -2.50. The minimum absolute atomic E-state index is 0.307. The van der Waals surface area contributed by atoms with Gasteiger partial charge in [0.05, 0.1) is 7.11 Å². The smallest absolute Gasteiger partial charge is 0.243 e. The van der Waals surface area contributed by atoms with E-state index in [4.69, 9.17) is 4.74 Å². The zero-order valence-corrected chi connectivity index (χ0v) is 9.97. The lowest BCUT2D eigenvalue weighted by Crippen LogP contribution is -1.97. The molecule has 0 atom stereocenters. The van der Waals surface area contributed by atoms with Crippen molar-refractivity contribution in [3.63, 3.8) is 0 Å². The summed E-state index contributed by atoms with van der Waals surface area (Å²) in [4.78, 5) is 4.31. The summed E-state index contributed by atoms with van der Waals surface area (Å²) in [5, 5.41) is 3.70. The van der Waals surface area contributed by atoms with Gasteiger partial charge in [0.15, 0.2) is 5.65 Å². The fraction of sp³-hybridized carbons (Fsp3) is 0.0769. The molecule has 96 valence electrons. The molecule has 0 fully saturated rings. The van der Waals surface area contributed by atoms with Crippen LogP contribution >= 0.6 is 0 Å². The molecule has 3 rings (SSSR count). The molecular weight excluding hydrogens is 252 g/mol. The van der Waals surface area contributed by atoms with E-state index in [-0.39, 0.29) is 5.82 Å². The van der Waals surface area contributed by atoms with Crippen LogP contribution in [0, 0.1) is 11.8 Å². The normalized spacial score (nSPS) is 10.9. The minimum Gasteiger partial charge on any atom is -0.479 e. The fourth-order valence-electron chi connectivity index (χ4n) is 1.87. The van der Waals surface area contributed by atoms with Crippen LogP contribution < -0.4 is 4.74 Å². The highest BCUT2D eigenvalue weighted by molar-refractivity contribution is 5.68. The van der Waals surface area contributed by atoms with E-state index >= 15 is 0 Å². The highest BCUT2D eigenvalue weighted by Gasteiger charge is 2.16. The summed E-state index contributed by atoms with van der Waals surface area (Å²) < 4.78 is 32.6. The summed E-state index contributed by atoms with van der Waals surface area (Å²) >= 11 is 0. The number of fused-ring (bicyclic) bond motifs is 1. The Labute approximate surface area is 107 Å². The van der Waals surface area contributed by atoms with Crippen molar-refractivity contribution < 1.29 is 13.5 Å². The minimum atomic E-state index is -0.631. The van der Waals surface area contributed by atoms with Crippen LogP contribution in [0.5, 0.6) is 5.88 Å². The molecule has 0 spiro atoms. The van der Waals surface area contributed by atoms with Crippen LogP contribution in [0.3, 0.4) is 0 Å². The third kappa shape index (κ3) is 1.91. The molecule has 19 heavy (non-hydrogen) atoms. The zero-order chi connectivity index (χ0) is 13.4. The van der Waals surface area contributed by atoms with E-state index in [1.54, 1.807) is 12.1 Å². The lowest BCUT2D eigenvalue weighted by atomic mass is 10.1. The number of ether oxygens (including phenoxy) is 1. The largest absolute Gasteiger partial charge is 0.479 e. The molecule has 0 saturated carbocycles. The van der Waals surface area contributed by atoms with Gasteiger partial charge in [0.1, 0.15) is 11.5 Å². The maximum atomic E-state index is 13.2. The number of hydrogen-bond donors (Lipinski definition) is 0. The number of hydrogen-bond acceptors (Lipinski definition) is 3. The van der Waals surface area contributed by atoms with Crippen molar-refractivity contribution in [2.24, 2.45) is 0 Å². The SMILES string of the molecule is COc1c(-c2ccc(F)cc2)nc2ccc(F)nn12. The van der Waals surface area contributed by atoms with Gasteiger partial charge in [0.2, 0.25) is 11.8 Å². The van der Waals surface area contributed by atoms with E-state index in [0.29, 0.717) is 22.8 Å². The third-order valence-corrected chi connectivity index (χ3v) is 2.71. The van der Waals surface area contributed by atoms with Crippen LogP contribution in [0.2, 0.25) is 0 Å². The van der Waals surface area contributed by atoms with Gasteiger partial charge in [-0.25, -0.2) is 9.37 Å². The molecule has 4 nitrogen and oxygen atoms in total. The van der Waals surface area contributed by atoms with E-state index in [2.05, 4.69) is 10.1 Å². The van der Waals surface area contributed by atoms with Crippen LogP contribution in [-0.4, -0.2) is 21.7 Å². The molecule has 0 radical (unpaired) electrons. The van der Waals surface area contributed by atoms with Crippen molar-refractivity contribution in [2.75, 3.05) is 7.11 Å². The Balaban J connectivity index is 2.25. The molecule has 2 heterocycles. The number of methoxy groups -OCH3 is 1. The molecule has 1 aromatic carbocycles. The first kappa shape index (κ1) is 11.6. The van der Waals surface area contributed by atoms with Crippen LogP contribution in [0.25, 0.3) is 16.9 Å². The van der Waals surface area contributed by atoms with Gasteiger partial charge < -0.3 is 4.74 Å². The summed E-state index contributed by atoms with van der Waals surface area (Å²) in [6, 6.07) is 8.53. The molecule has 0 unspecified atom stereocenters. The average Bonchev–Trinajstić information content (AvgIpc) is 2.77. The van der Waals surface area contributed by atoms with E-state index in [0.717, 1.165) is 0 Å². The first-order valence-corrected chi connectivity index (χ1v) is 5.54. The number of halogens is 2. The molecule has 0 aliphatic rings. The van der Waals surface area contributed by atoms with Crippen molar-refractivity contribution in [3.8, 4) is 17.1 Å². The van der Waals surface area contributed by atoms with Gasteiger partial charge in [-0.3, -0.25) is 0 Å². The van der Waals surface area contributed by atoms with Gasteiger partial charge >= 0.3 is 0 Å². The van der Waals surface area contributed by atoms with E-state index < -0.39 is 5.95 Å². The Morgan fingerprint density at radius 3 is 2.47 bits per heavy atom. The summed E-state index contributed by atoms with van der Waals surface area (Å²) in [5.41, 5.74) is 1.61. The van der Waals surface area contributed by atoms with E-state index in [1.165, 1.54) is 35.9 Å². The van der Waals surface area contributed by atoms with Crippen molar-refractivity contribution in [2.45, 2.75) is 0 Å². The van der Waals surface area contributed by atoms with E-state index in [1.807, 2.05) is 0 Å². The van der Waals surface area contributed by atoms with Gasteiger partial charge in [-0.2, -0.15) is 8.91 Å². The summed E-state index contributed by atoms with van der Waals surface area (Å²) in [6.45, 7) is 0. The van der Waals surface area contributed by atoms with Crippen LogP contribution in [0.4, 0.5) is 8.78 Å². The molecule has 0 N–H and O–H groups in total. The molecule has 3 aromatic rings. The number of aromatic nitrogens is 3. The first-order valence-electron chi connectivity index (χ1n) is 5.54. The predicted octanol–water partition coefficient (Wildman–Crippen LogP) is 2.68. The molecule has 0 saturated heterocycles. The maximum Gasteiger partial charge on any atom is 0.243 e. The van der Waals surface area contributed by atoms with Gasteiger partial charge in [-0.05, 0) is 36.4 Å². The Morgan fingerprint density at radius 2 is 1.79 bits per heavy atom. The number of imidazole rings is 1. The van der Waals surface area contributed by atoms with Crippen molar-refractivity contribution in [1.29, 1.82) is 0 Å². The first-order chi connectivity index (χ1) is 9.19. The van der Waals surface area contributed by atoms with Crippen molar-refractivity contribution in [1.82, 2.24) is 14.6 Å². The van der Waals surface area contributed by atoms with Gasteiger partial charge in [0, 0.05) is 5.56 Å². The Kier molecular flexibility index (Phi) is 2.63. The van der Waals surface area contributed by atoms with Gasteiger partial charge in [0.25, 0.3) is 0 Å². The molecule has 2 aromatic heterocycles. The molecule has 0 aliphatic heterocycles. The molecular formula is C13H9F2N3O. The Morgan fingerprint density at radius 1 is 1.05 bits per heavy atom. The van der Waals surface area contributed by atoms with Crippen LogP contribution in [-0.2, 0) is 0 Å². The number of rotatable bonds is 2. The maximum absolute atomic E-state index is 13.2. The highest BCUT2D eigenvalue weighted by Crippen LogP contribution is 2.29. The molecule has 6 heteroatoms. The fourth-order valence-corrected chi connectivity index (χ4v) is 1.87. The zero-order valence-electron chi connectivity index (χ0n) is 9.97. The monoisotopic (exact) mass is 261 g/mol. The lowest BCUT2D eigenvalue weighted by Gasteiger charge is -2.02. The molecule has 0 bridgehead atoms. The topological polar surface area (TPSA) is 39.4 Å². The number of benzene rings is 1. The predicted molar refractivity (Wildman–Crippen MR) is 64.9 cm³/mol. The van der Waals surface area contributed by atoms with Crippen LogP contribution in [0.15, 0.2) is 36.4 Å². The van der Waals surface area contributed by atoms with E-state index in [9.17, 15) is 8.78 Å². The highest BCUT2D eigenvalue weighted by atomic mass is 19.1. The summed E-state index contributed by atoms with van der Waals surface area (Å²) in [7, 11) is 1.45. The summed E-state index contributed by atoms with van der Waals surface area (Å²) in [6.07, 6.45) is 0. The average molecular weight is 261 g/mol. The lowest BCUT2D eigenvalue weighted by molar-refractivity contribution is 0.384. The Bertz CT molecular complexity index is 737. The molecule has 0 aliphatic carbocycles. The summed E-state index contributed by atoms with van der Waals surface area (Å²) in [5.74, 6) is -0.661. The number of nitrogens with zero attached hydrogens (tertiary/aromatic N) is 3.